The van der Waals surface area contributed by atoms with Crippen molar-refractivity contribution >= 4 is 23.1 Å². The zero-order valence-corrected chi connectivity index (χ0v) is 13.0. The maximum Gasteiger partial charge on any atom is 0.171 e. The Labute approximate surface area is 134 Å². The minimum atomic E-state index is 0.435. The molecular formula is C16H16N4OS. The molecule has 0 aliphatic heterocycles. The van der Waals surface area contributed by atoms with E-state index in [-0.39, 0.29) is 0 Å². The van der Waals surface area contributed by atoms with E-state index in [0.717, 1.165) is 17.7 Å². The molecule has 0 saturated heterocycles. The summed E-state index contributed by atoms with van der Waals surface area (Å²) in [6.45, 7) is 0.654. The number of ether oxygens (including phenoxy) is 1. The lowest BCUT2D eigenvalue weighted by atomic mass is 10.1. The summed E-state index contributed by atoms with van der Waals surface area (Å²) in [5.41, 5.74) is 1.56. The van der Waals surface area contributed by atoms with Crippen molar-refractivity contribution in [3.8, 4) is 11.8 Å². The Bertz CT molecular complexity index is 697. The molecule has 0 aliphatic rings. The largest absolute Gasteiger partial charge is 0.496 e. The molecule has 0 aliphatic carbocycles. The maximum atomic E-state index is 9.01. The molecule has 0 atom stereocenters. The minimum Gasteiger partial charge on any atom is -0.496 e. The second-order valence-electron chi connectivity index (χ2n) is 4.45. The van der Waals surface area contributed by atoms with Gasteiger partial charge in [-0.3, -0.25) is 0 Å². The van der Waals surface area contributed by atoms with E-state index < -0.39 is 0 Å². The number of nitriles is 1. The highest BCUT2D eigenvalue weighted by atomic mass is 32.1. The number of pyridine rings is 1. The monoisotopic (exact) mass is 312 g/mol. The van der Waals surface area contributed by atoms with Gasteiger partial charge in [-0.25, -0.2) is 4.98 Å². The zero-order chi connectivity index (χ0) is 15.8. The Morgan fingerprint density at radius 1 is 1.32 bits per heavy atom. The lowest BCUT2D eigenvalue weighted by Crippen LogP contribution is -2.30. The first-order chi connectivity index (χ1) is 10.7. The third-order valence-electron chi connectivity index (χ3n) is 3.03. The smallest absolute Gasteiger partial charge is 0.171 e. The van der Waals surface area contributed by atoms with Crippen molar-refractivity contribution in [2.75, 3.05) is 19.0 Å². The van der Waals surface area contributed by atoms with Crippen LogP contribution in [0.2, 0.25) is 0 Å². The van der Waals surface area contributed by atoms with E-state index in [4.69, 9.17) is 22.2 Å². The fraction of sp³-hybridized carbons (Fsp3) is 0.188. The van der Waals surface area contributed by atoms with Gasteiger partial charge in [0.15, 0.2) is 5.11 Å². The van der Waals surface area contributed by atoms with Crippen LogP contribution in [0.5, 0.6) is 5.75 Å². The molecule has 1 aromatic heterocycles. The third-order valence-corrected chi connectivity index (χ3v) is 3.28. The van der Waals surface area contributed by atoms with Crippen LogP contribution in [0.25, 0.3) is 0 Å². The number of nitrogens with one attached hydrogen (secondary N) is 2. The summed E-state index contributed by atoms with van der Waals surface area (Å²) < 4.78 is 5.31. The second kappa shape index (κ2) is 7.96. The number of hydrogen-bond acceptors (Lipinski definition) is 4. The molecule has 0 unspecified atom stereocenters. The van der Waals surface area contributed by atoms with Crippen molar-refractivity contribution < 1.29 is 4.74 Å². The summed E-state index contributed by atoms with van der Waals surface area (Å²) >= 11 is 5.22. The van der Waals surface area contributed by atoms with Gasteiger partial charge in [-0.1, -0.05) is 18.2 Å². The molecule has 0 spiro atoms. The molecule has 0 saturated carbocycles. The predicted molar refractivity (Wildman–Crippen MR) is 89.9 cm³/mol. The van der Waals surface area contributed by atoms with Gasteiger partial charge in [-0.15, -0.1) is 0 Å². The van der Waals surface area contributed by atoms with E-state index in [1.54, 1.807) is 25.4 Å². The quantitative estimate of drug-likeness (QED) is 0.827. The summed E-state index contributed by atoms with van der Waals surface area (Å²) in [5.74, 6) is 1.32. The molecular weight excluding hydrogens is 296 g/mol. The van der Waals surface area contributed by atoms with Crippen molar-refractivity contribution in [1.29, 1.82) is 5.26 Å². The molecule has 2 aromatic rings. The van der Waals surface area contributed by atoms with Gasteiger partial charge in [0.1, 0.15) is 17.6 Å². The van der Waals surface area contributed by atoms with Crippen LogP contribution in [-0.2, 0) is 6.42 Å². The van der Waals surface area contributed by atoms with Gasteiger partial charge in [-0.2, -0.15) is 5.26 Å². The number of aromatic nitrogens is 1. The molecule has 0 amide bonds. The average molecular weight is 312 g/mol. The van der Waals surface area contributed by atoms with Gasteiger partial charge < -0.3 is 15.4 Å². The van der Waals surface area contributed by atoms with Crippen LogP contribution in [0, 0.1) is 11.3 Å². The van der Waals surface area contributed by atoms with Gasteiger partial charge in [0.25, 0.3) is 0 Å². The summed E-state index contributed by atoms with van der Waals surface area (Å²) in [4.78, 5) is 4.10. The van der Waals surface area contributed by atoms with E-state index in [0.29, 0.717) is 23.0 Å². The number of anilines is 1. The van der Waals surface area contributed by atoms with Crippen LogP contribution in [0.3, 0.4) is 0 Å². The standard InChI is InChI=1S/C16H16N4OS/c1-21-14-7-3-2-5-12(14)8-10-19-16(22)20-15-13(11-17)6-4-9-18-15/h2-7,9H,8,10H2,1H3,(H2,18,19,20,22). The van der Waals surface area contributed by atoms with Crippen LogP contribution < -0.4 is 15.4 Å². The first-order valence-corrected chi connectivity index (χ1v) is 7.17. The van der Waals surface area contributed by atoms with Crippen LogP contribution in [-0.4, -0.2) is 23.8 Å². The Balaban J connectivity index is 1.87. The van der Waals surface area contributed by atoms with Gasteiger partial charge in [-0.05, 0) is 42.4 Å². The number of methoxy groups -OCH3 is 1. The minimum absolute atomic E-state index is 0.435. The van der Waals surface area contributed by atoms with Crippen LogP contribution in [0.1, 0.15) is 11.1 Å². The normalized spacial score (nSPS) is 9.64. The molecule has 6 heteroatoms. The highest BCUT2D eigenvalue weighted by Gasteiger charge is 2.05. The topological polar surface area (TPSA) is 70.0 Å². The maximum absolute atomic E-state index is 9.01. The lowest BCUT2D eigenvalue weighted by molar-refractivity contribution is 0.409. The zero-order valence-electron chi connectivity index (χ0n) is 12.2. The Morgan fingerprint density at radius 2 is 2.14 bits per heavy atom. The fourth-order valence-corrected chi connectivity index (χ4v) is 2.17. The van der Waals surface area contributed by atoms with Crippen LogP contribution in [0.15, 0.2) is 42.6 Å². The molecule has 1 aromatic carbocycles. The Hall–Kier alpha value is -2.65. The van der Waals surface area contributed by atoms with Gasteiger partial charge in [0.05, 0.1) is 12.7 Å². The Kier molecular flexibility index (Phi) is 5.69. The SMILES string of the molecule is COc1ccccc1CCNC(=S)Nc1ncccc1C#N. The van der Waals surface area contributed by atoms with Gasteiger partial charge in [0, 0.05) is 12.7 Å². The van der Waals surface area contributed by atoms with Gasteiger partial charge in [0.2, 0.25) is 0 Å². The van der Waals surface area contributed by atoms with E-state index >= 15 is 0 Å². The molecule has 112 valence electrons. The first kappa shape index (κ1) is 15.7. The molecule has 0 radical (unpaired) electrons. The Morgan fingerprint density at radius 3 is 2.91 bits per heavy atom. The number of hydrogen-bond donors (Lipinski definition) is 2. The summed E-state index contributed by atoms with van der Waals surface area (Å²) in [6.07, 6.45) is 2.39. The predicted octanol–water partition coefficient (Wildman–Crippen LogP) is 2.49. The number of para-hydroxylation sites is 1. The van der Waals surface area contributed by atoms with Crippen molar-refractivity contribution in [3.05, 3.63) is 53.7 Å². The first-order valence-electron chi connectivity index (χ1n) is 6.76. The molecule has 2 rings (SSSR count). The lowest BCUT2D eigenvalue weighted by Gasteiger charge is -2.12. The van der Waals surface area contributed by atoms with Crippen molar-refractivity contribution in [2.24, 2.45) is 0 Å². The molecule has 22 heavy (non-hydrogen) atoms. The van der Waals surface area contributed by atoms with Crippen LogP contribution >= 0.6 is 12.2 Å². The average Bonchev–Trinajstić information content (AvgIpc) is 2.55. The third kappa shape index (κ3) is 4.17. The highest BCUT2D eigenvalue weighted by Crippen LogP contribution is 2.17. The molecule has 0 fully saturated rings. The van der Waals surface area contributed by atoms with Crippen molar-refractivity contribution in [3.63, 3.8) is 0 Å². The van der Waals surface area contributed by atoms with E-state index in [9.17, 15) is 0 Å². The number of rotatable bonds is 5. The number of benzene rings is 1. The fourth-order valence-electron chi connectivity index (χ4n) is 1.97. The van der Waals surface area contributed by atoms with Gasteiger partial charge >= 0.3 is 0 Å². The highest BCUT2D eigenvalue weighted by molar-refractivity contribution is 7.80. The summed E-state index contributed by atoms with van der Waals surface area (Å²) in [7, 11) is 1.66. The number of nitrogens with zero attached hydrogens (tertiary/aromatic N) is 2. The summed E-state index contributed by atoms with van der Waals surface area (Å²) in [5, 5.41) is 15.5. The van der Waals surface area contributed by atoms with Crippen molar-refractivity contribution in [2.45, 2.75) is 6.42 Å². The number of thiocarbonyl (C=S) groups is 1. The molecule has 5 nitrogen and oxygen atoms in total. The van der Waals surface area contributed by atoms with Crippen LogP contribution in [0.4, 0.5) is 5.82 Å². The second-order valence-corrected chi connectivity index (χ2v) is 4.86. The van der Waals surface area contributed by atoms with E-state index in [1.807, 2.05) is 24.3 Å². The molecule has 0 bridgehead atoms. The van der Waals surface area contributed by atoms with E-state index in [1.165, 1.54) is 0 Å². The van der Waals surface area contributed by atoms with Crippen molar-refractivity contribution in [1.82, 2.24) is 10.3 Å². The molecule has 1 heterocycles. The summed E-state index contributed by atoms with van der Waals surface area (Å²) in [6, 6.07) is 13.3. The molecule has 2 N–H and O–H groups in total. The van der Waals surface area contributed by atoms with E-state index in [2.05, 4.69) is 21.7 Å².